The molecule has 0 unspecified atom stereocenters. The van der Waals surface area contributed by atoms with E-state index >= 15 is 0 Å². The summed E-state index contributed by atoms with van der Waals surface area (Å²) in [6.07, 6.45) is 0. The quantitative estimate of drug-likeness (QED) is 0.787. The molecule has 0 amide bonds. The van der Waals surface area contributed by atoms with Gasteiger partial charge in [0.2, 0.25) is 5.88 Å². The summed E-state index contributed by atoms with van der Waals surface area (Å²) in [5, 5.41) is -2.19. The van der Waals surface area contributed by atoms with E-state index < -0.39 is 22.7 Å². The fraction of sp³-hybridized carbons (Fsp3) is 0.375. The number of likely N-dealkylation sites (N-methyl/N-ethyl adjacent to an activating group) is 1. The predicted octanol–water partition coefficient (Wildman–Crippen LogP) is 1.28. The molecule has 126 valence electrons. The van der Waals surface area contributed by atoms with Crippen LogP contribution in [0.2, 0.25) is 0 Å². The maximum atomic E-state index is 14.0. The second kappa shape index (κ2) is 6.20. The third kappa shape index (κ3) is 3.03. The first-order valence-electron chi connectivity index (χ1n) is 7.84. The van der Waals surface area contributed by atoms with Crippen molar-refractivity contribution in [1.82, 2.24) is 9.55 Å². The molecule has 3 rings (SSSR count). The smallest absolute Gasteiger partial charge is 0.352 e. The number of fused-ring (bicyclic) bond motifs is 1. The fourth-order valence-electron chi connectivity index (χ4n) is 3.03. The standard InChI is InChI=1S/C16H15B2F2N3O2/c1-3-22-9(2)8-23-13(22)7-12(21-15(23)24)25-16(17,18)10-5-4-6-11(19)14(10)20/h4-7,9H,3,8H2,1-2H3/t9-/m0/s1. The third-order valence-electron chi connectivity index (χ3n) is 4.23. The molecule has 0 aliphatic carbocycles. The molecule has 1 aliphatic heterocycles. The number of ether oxygens (including phenoxy) is 1. The van der Waals surface area contributed by atoms with Crippen molar-refractivity contribution in [2.24, 2.45) is 0 Å². The van der Waals surface area contributed by atoms with Gasteiger partial charge in [-0.1, -0.05) is 12.1 Å². The fourth-order valence-corrected chi connectivity index (χ4v) is 3.03. The molecule has 0 spiro atoms. The van der Waals surface area contributed by atoms with Gasteiger partial charge in [-0.3, -0.25) is 4.57 Å². The van der Waals surface area contributed by atoms with Crippen molar-refractivity contribution in [2.75, 3.05) is 11.4 Å². The Balaban J connectivity index is 1.99. The highest BCUT2D eigenvalue weighted by molar-refractivity contribution is 6.39. The van der Waals surface area contributed by atoms with Gasteiger partial charge in [0.1, 0.15) is 21.5 Å². The van der Waals surface area contributed by atoms with E-state index in [1.54, 1.807) is 0 Å². The highest BCUT2D eigenvalue weighted by Crippen LogP contribution is 2.29. The Hall–Kier alpha value is -2.31. The molecule has 9 heteroatoms. The van der Waals surface area contributed by atoms with Crippen LogP contribution in [0.4, 0.5) is 14.6 Å². The Kier molecular flexibility index (Phi) is 4.34. The third-order valence-corrected chi connectivity index (χ3v) is 4.23. The number of nitrogens with zero attached hydrogens (tertiary/aromatic N) is 3. The molecule has 1 aromatic carbocycles. The average molecular weight is 341 g/mol. The molecule has 1 aliphatic rings. The van der Waals surface area contributed by atoms with E-state index in [1.165, 1.54) is 22.8 Å². The van der Waals surface area contributed by atoms with Crippen molar-refractivity contribution < 1.29 is 13.5 Å². The van der Waals surface area contributed by atoms with Crippen LogP contribution in [0, 0.1) is 11.6 Å². The molecular formula is C16H15B2F2N3O2. The summed E-state index contributed by atoms with van der Waals surface area (Å²) in [7, 11) is 11.6. The predicted molar refractivity (Wildman–Crippen MR) is 91.2 cm³/mol. The zero-order chi connectivity index (χ0) is 18.4. The molecule has 25 heavy (non-hydrogen) atoms. The zero-order valence-corrected chi connectivity index (χ0v) is 13.9. The van der Waals surface area contributed by atoms with Gasteiger partial charge in [-0.25, -0.2) is 13.6 Å². The Morgan fingerprint density at radius 1 is 1.40 bits per heavy atom. The number of aromatic nitrogens is 2. The summed E-state index contributed by atoms with van der Waals surface area (Å²) in [5.74, 6) is -1.86. The highest BCUT2D eigenvalue weighted by Gasteiger charge is 2.30. The number of rotatable bonds is 4. The second-order valence-electron chi connectivity index (χ2n) is 5.98. The molecule has 1 aromatic heterocycles. The van der Waals surface area contributed by atoms with Gasteiger partial charge in [-0.2, -0.15) is 4.98 Å². The number of hydrogen-bond donors (Lipinski definition) is 0. The zero-order valence-electron chi connectivity index (χ0n) is 13.9. The maximum Gasteiger partial charge on any atom is 0.352 e. The van der Waals surface area contributed by atoms with Gasteiger partial charge in [0.25, 0.3) is 0 Å². The van der Waals surface area contributed by atoms with Crippen LogP contribution in [0.1, 0.15) is 19.4 Å². The van der Waals surface area contributed by atoms with Crippen LogP contribution in [0.5, 0.6) is 5.88 Å². The second-order valence-corrected chi connectivity index (χ2v) is 5.98. The van der Waals surface area contributed by atoms with E-state index in [0.717, 1.165) is 6.07 Å². The van der Waals surface area contributed by atoms with Crippen molar-refractivity contribution >= 4 is 21.5 Å². The molecule has 0 saturated carbocycles. The average Bonchev–Trinajstić information content (AvgIpc) is 2.85. The molecule has 5 nitrogen and oxygen atoms in total. The van der Waals surface area contributed by atoms with Crippen molar-refractivity contribution in [3.8, 4) is 5.88 Å². The Morgan fingerprint density at radius 2 is 2.12 bits per heavy atom. The first kappa shape index (κ1) is 17.5. The lowest BCUT2D eigenvalue weighted by Gasteiger charge is -2.29. The summed E-state index contributed by atoms with van der Waals surface area (Å²) < 4.78 is 34.2. The van der Waals surface area contributed by atoms with Crippen molar-refractivity contribution in [2.45, 2.75) is 31.8 Å². The van der Waals surface area contributed by atoms with Gasteiger partial charge in [0.05, 0.1) is 5.40 Å². The summed E-state index contributed by atoms with van der Waals surface area (Å²) >= 11 is 0. The Bertz CT molecular complexity index is 873. The lowest BCUT2D eigenvalue weighted by molar-refractivity contribution is 0.225. The van der Waals surface area contributed by atoms with E-state index in [1.807, 2.05) is 18.7 Å². The van der Waals surface area contributed by atoms with Crippen LogP contribution in [0.15, 0.2) is 29.1 Å². The minimum atomic E-state index is -2.19. The van der Waals surface area contributed by atoms with Gasteiger partial charge in [-0.05, 0) is 19.9 Å². The maximum absolute atomic E-state index is 14.0. The number of hydrogen-bond acceptors (Lipinski definition) is 4. The van der Waals surface area contributed by atoms with E-state index in [0.29, 0.717) is 18.9 Å². The van der Waals surface area contributed by atoms with Crippen molar-refractivity contribution in [3.63, 3.8) is 0 Å². The molecule has 0 saturated heterocycles. The number of benzene rings is 1. The van der Waals surface area contributed by atoms with E-state index in [9.17, 15) is 13.6 Å². The van der Waals surface area contributed by atoms with Crippen LogP contribution >= 0.6 is 0 Å². The molecule has 4 radical (unpaired) electrons. The summed E-state index contributed by atoms with van der Waals surface area (Å²) in [6.45, 7) is 5.12. The van der Waals surface area contributed by atoms with Gasteiger partial charge in [0, 0.05) is 30.8 Å². The Morgan fingerprint density at radius 3 is 2.80 bits per heavy atom. The molecule has 2 heterocycles. The summed E-state index contributed by atoms with van der Waals surface area (Å²) in [6, 6.07) is 5.04. The Labute approximate surface area is 146 Å². The lowest BCUT2D eigenvalue weighted by atomic mass is 9.61. The van der Waals surface area contributed by atoms with Crippen LogP contribution in [0.3, 0.4) is 0 Å². The van der Waals surface area contributed by atoms with Crippen LogP contribution in [0.25, 0.3) is 0 Å². The SMILES string of the molecule is [B]C([B])(Oc1cc2n(c(=O)n1)C[C@H](C)N2CC)c1cccc(F)c1F. The molecule has 0 fully saturated rings. The van der Waals surface area contributed by atoms with Gasteiger partial charge in [0.15, 0.2) is 11.6 Å². The van der Waals surface area contributed by atoms with Gasteiger partial charge < -0.3 is 9.64 Å². The van der Waals surface area contributed by atoms with Crippen LogP contribution in [-0.4, -0.2) is 37.8 Å². The number of halogens is 2. The molecule has 0 N–H and O–H groups in total. The number of anilines is 1. The molecular weight excluding hydrogens is 326 g/mol. The molecule has 2 aromatic rings. The normalized spacial score (nSPS) is 16.8. The van der Waals surface area contributed by atoms with Gasteiger partial charge >= 0.3 is 5.69 Å². The van der Waals surface area contributed by atoms with Crippen molar-refractivity contribution in [1.29, 1.82) is 0 Å². The minimum Gasteiger partial charge on any atom is -0.487 e. The van der Waals surface area contributed by atoms with E-state index in [2.05, 4.69) is 4.98 Å². The van der Waals surface area contributed by atoms with E-state index in [4.69, 9.17) is 20.4 Å². The molecule has 0 bridgehead atoms. The van der Waals surface area contributed by atoms with Crippen LogP contribution < -0.4 is 15.3 Å². The topological polar surface area (TPSA) is 47.4 Å². The molecule has 1 atom stereocenters. The summed E-state index contributed by atoms with van der Waals surface area (Å²) in [4.78, 5) is 18.0. The largest absolute Gasteiger partial charge is 0.487 e. The van der Waals surface area contributed by atoms with E-state index in [-0.39, 0.29) is 17.5 Å². The minimum absolute atomic E-state index is 0.121. The van der Waals surface area contributed by atoms with Gasteiger partial charge in [-0.15, -0.1) is 0 Å². The van der Waals surface area contributed by atoms with Crippen molar-refractivity contribution in [3.05, 3.63) is 51.9 Å². The monoisotopic (exact) mass is 341 g/mol. The first-order valence-corrected chi connectivity index (χ1v) is 7.84. The highest BCUT2D eigenvalue weighted by atomic mass is 19.2. The first-order chi connectivity index (χ1) is 11.7. The van der Waals surface area contributed by atoms with Crippen LogP contribution in [-0.2, 0) is 11.9 Å². The summed E-state index contributed by atoms with van der Waals surface area (Å²) in [5.41, 5.74) is -0.901. The lowest BCUT2D eigenvalue weighted by Crippen LogP contribution is -2.37.